The van der Waals surface area contributed by atoms with Crippen molar-refractivity contribution in [1.29, 1.82) is 0 Å². The largest absolute Gasteiger partial charge is 0.484 e. The zero-order valence-corrected chi connectivity index (χ0v) is 13.2. The lowest BCUT2D eigenvalue weighted by Crippen LogP contribution is -2.20. The molecule has 0 fully saturated rings. The molecule has 0 bridgehead atoms. The third-order valence-corrected chi connectivity index (χ3v) is 3.60. The van der Waals surface area contributed by atoms with Crippen LogP contribution in [-0.4, -0.2) is 19.6 Å². The van der Waals surface area contributed by atoms with Crippen LogP contribution in [-0.2, 0) is 4.79 Å². The van der Waals surface area contributed by atoms with E-state index in [4.69, 9.17) is 4.74 Å². The smallest absolute Gasteiger partial charge is 0.262 e. The predicted octanol–water partition coefficient (Wildman–Crippen LogP) is 3.35. The summed E-state index contributed by atoms with van der Waals surface area (Å²) in [4.78, 5) is 11.8. The Bertz CT molecular complexity index is 585. The number of amides is 1. The number of anilines is 2. The maximum Gasteiger partial charge on any atom is 0.262 e. The molecule has 2 N–H and O–H groups in total. The summed E-state index contributed by atoms with van der Waals surface area (Å²) in [5.41, 5.74) is 1.80. The van der Waals surface area contributed by atoms with Gasteiger partial charge in [-0.25, -0.2) is 0 Å². The molecule has 0 aromatic heterocycles. The Morgan fingerprint density at radius 1 is 1.15 bits per heavy atom. The molecule has 2 aromatic carbocycles. The summed E-state index contributed by atoms with van der Waals surface area (Å²) in [6.45, 7) is -0.0100. The van der Waals surface area contributed by atoms with E-state index in [0.29, 0.717) is 5.75 Å². The number of nitrogens with one attached hydrogen (secondary N) is 2. The number of rotatable bonds is 5. The number of carbonyl (C=O) groups is 1. The van der Waals surface area contributed by atoms with E-state index in [9.17, 15) is 4.79 Å². The van der Waals surface area contributed by atoms with Gasteiger partial charge in [0.2, 0.25) is 0 Å². The summed E-state index contributed by atoms with van der Waals surface area (Å²) in [6, 6.07) is 15.1. The van der Waals surface area contributed by atoms with Crippen LogP contribution in [0.2, 0.25) is 0 Å². The number of ether oxygens (including phenoxy) is 1. The van der Waals surface area contributed by atoms with Crippen LogP contribution in [0.15, 0.2) is 48.5 Å². The molecule has 0 unspecified atom stereocenters. The highest BCUT2D eigenvalue weighted by Gasteiger charge is 2.05. The van der Waals surface area contributed by atoms with E-state index in [1.807, 2.05) is 55.6 Å². The third-order valence-electron chi connectivity index (χ3n) is 2.66. The van der Waals surface area contributed by atoms with Crippen LogP contribution in [0.5, 0.6) is 5.75 Å². The fourth-order valence-corrected chi connectivity index (χ4v) is 2.14. The van der Waals surface area contributed by atoms with Crippen molar-refractivity contribution in [3.8, 4) is 5.75 Å². The van der Waals surface area contributed by atoms with Crippen molar-refractivity contribution >= 4 is 39.9 Å². The summed E-state index contributed by atoms with van der Waals surface area (Å²) < 4.78 is 6.43. The monoisotopic (exact) mass is 382 g/mol. The van der Waals surface area contributed by atoms with Crippen LogP contribution in [0.4, 0.5) is 11.4 Å². The van der Waals surface area contributed by atoms with Crippen LogP contribution >= 0.6 is 22.6 Å². The molecule has 20 heavy (non-hydrogen) atoms. The Morgan fingerprint density at radius 3 is 2.50 bits per heavy atom. The minimum atomic E-state index is -0.174. The maximum absolute atomic E-state index is 11.8. The summed E-state index contributed by atoms with van der Waals surface area (Å²) in [5.74, 6) is 0.494. The molecule has 0 radical (unpaired) electrons. The van der Waals surface area contributed by atoms with Gasteiger partial charge in [-0.15, -0.1) is 0 Å². The molecule has 0 saturated carbocycles. The van der Waals surface area contributed by atoms with E-state index >= 15 is 0 Å². The van der Waals surface area contributed by atoms with Gasteiger partial charge in [0.15, 0.2) is 6.61 Å². The minimum absolute atomic E-state index is 0.0100. The van der Waals surface area contributed by atoms with Crippen LogP contribution in [0.1, 0.15) is 0 Å². The zero-order valence-electron chi connectivity index (χ0n) is 11.0. The van der Waals surface area contributed by atoms with Crippen molar-refractivity contribution < 1.29 is 9.53 Å². The van der Waals surface area contributed by atoms with Gasteiger partial charge in [0.1, 0.15) is 5.75 Å². The Labute approximate surface area is 131 Å². The Kier molecular flexibility index (Phi) is 5.23. The van der Waals surface area contributed by atoms with Gasteiger partial charge in [-0.2, -0.15) is 0 Å². The minimum Gasteiger partial charge on any atom is -0.484 e. The average Bonchev–Trinajstić information content (AvgIpc) is 2.48. The van der Waals surface area contributed by atoms with Gasteiger partial charge in [-0.3, -0.25) is 4.79 Å². The summed E-state index contributed by atoms with van der Waals surface area (Å²) in [6.07, 6.45) is 0. The van der Waals surface area contributed by atoms with Crippen LogP contribution in [0, 0.1) is 3.57 Å². The van der Waals surface area contributed by atoms with E-state index < -0.39 is 0 Å². The second-order valence-electron chi connectivity index (χ2n) is 4.09. The molecule has 0 spiro atoms. The van der Waals surface area contributed by atoms with Crippen molar-refractivity contribution in [2.75, 3.05) is 24.3 Å². The fourth-order valence-electron chi connectivity index (χ4n) is 1.62. The molecule has 0 atom stereocenters. The molecule has 0 saturated heterocycles. The Hall–Kier alpha value is -1.76. The van der Waals surface area contributed by atoms with Crippen molar-refractivity contribution in [2.24, 2.45) is 0 Å². The van der Waals surface area contributed by atoms with Gasteiger partial charge in [0.25, 0.3) is 5.91 Å². The lowest BCUT2D eigenvalue weighted by Gasteiger charge is -2.09. The SMILES string of the molecule is CNc1ccc(OCC(=O)Nc2ccccc2I)cc1. The second kappa shape index (κ2) is 7.14. The second-order valence-corrected chi connectivity index (χ2v) is 5.25. The number of para-hydroxylation sites is 1. The van der Waals surface area contributed by atoms with Crippen LogP contribution in [0.25, 0.3) is 0 Å². The normalized spacial score (nSPS) is 9.90. The van der Waals surface area contributed by atoms with Gasteiger partial charge in [-0.1, -0.05) is 12.1 Å². The lowest BCUT2D eigenvalue weighted by atomic mass is 10.3. The van der Waals surface area contributed by atoms with Crippen LogP contribution < -0.4 is 15.4 Å². The number of hydrogen-bond acceptors (Lipinski definition) is 3. The predicted molar refractivity (Wildman–Crippen MR) is 89.3 cm³/mol. The number of benzene rings is 2. The fraction of sp³-hybridized carbons (Fsp3) is 0.133. The first kappa shape index (κ1) is 14.6. The van der Waals surface area contributed by atoms with E-state index in [-0.39, 0.29) is 12.5 Å². The van der Waals surface area contributed by atoms with E-state index in [2.05, 4.69) is 33.2 Å². The number of carbonyl (C=O) groups excluding carboxylic acids is 1. The molecular formula is C15H15IN2O2. The van der Waals surface area contributed by atoms with Gasteiger partial charge in [-0.05, 0) is 59.0 Å². The van der Waals surface area contributed by atoms with E-state index in [0.717, 1.165) is 14.9 Å². The van der Waals surface area contributed by atoms with E-state index in [1.165, 1.54) is 0 Å². The number of halogens is 1. The standard InChI is InChI=1S/C15H15IN2O2/c1-17-11-6-8-12(9-7-11)20-10-15(19)18-14-5-3-2-4-13(14)16/h2-9,17H,10H2,1H3,(H,18,19). The summed E-state index contributed by atoms with van der Waals surface area (Å²) in [5, 5.41) is 5.84. The molecule has 0 aliphatic rings. The van der Waals surface area contributed by atoms with Gasteiger partial charge in [0, 0.05) is 16.3 Å². The Morgan fingerprint density at radius 2 is 1.85 bits per heavy atom. The molecule has 0 aliphatic heterocycles. The summed E-state index contributed by atoms with van der Waals surface area (Å²) in [7, 11) is 1.85. The number of hydrogen-bond donors (Lipinski definition) is 2. The topological polar surface area (TPSA) is 50.4 Å². The first-order valence-corrected chi connectivity index (χ1v) is 7.22. The lowest BCUT2D eigenvalue weighted by molar-refractivity contribution is -0.118. The molecule has 2 rings (SSSR count). The molecule has 4 nitrogen and oxygen atoms in total. The molecule has 5 heteroatoms. The molecule has 104 valence electrons. The molecular weight excluding hydrogens is 367 g/mol. The first-order chi connectivity index (χ1) is 9.69. The molecule has 0 aliphatic carbocycles. The van der Waals surface area contributed by atoms with Crippen molar-refractivity contribution in [2.45, 2.75) is 0 Å². The van der Waals surface area contributed by atoms with Gasteiger partial charge >= 0.3 is 0 Å². The maximum atomic E-state index is 11.8. The van der Waals surface area contributed by atoms with Crippen molar-refractivity contribution in [3.63, 3.8) is 0 Å². The molecule has 0 heterocycles. The van der Waals surface area contributed by atoms with Crippen molar-refractivity contribution in [3.05, 3.63) is 52.1 Å². The van der Waals surface area contributed by atoms with Gasteiger partial charge < -0.3 is 15.4 Å². The first-order valence-electron chi connectivity index (χ1n) is 6.14. The van der Waals surface area contributed by atoms with Gasteiger partial charge in [0.05, 0.1) is 5.69 Å². The van der Waals surface area contributed by atoms with Crippen molar-refractivity contribution in [1.82, 2.24) is 0 Å². The molecule has 1 amide bonds. The highest BCUT2D eigenvalue weighted by atomic mass is 127. The van der Waals surface area contributed by atoms with Crippen LogP contribution in [0.3, 0.4) is 0 Å². The average molecular weight is 382 g/mol. The highest BCUT2D eigenvalue weighted by molar-refractivity contribution is 14.1. The quantitative estimate of drug-likeness (QED) is 0.780. The Balaban J connectivity index is 1.87. The highest BCUT2D eigenvalue weighted by Crippen LogP contribution is 2.17. The van der Waals surface area contributed by atoms with E-state index in [1.54, 1.807) is 0 Å². The molecule has 2 aromatic rings. The third kappa shape index (κ3) is 4.12. The zero-order chi connectivity index (χ0) is 14.4. The summed E-state index contributed by atoms with van der Waals surface area (Å²) >= 11 is 2.18.